The topological polar surface area (TPSA) is 38.7 Å². The standard InChI is InChI=1S/C18H22BFO3/c1-13(15-10-8-14(9-11-15)7-6-12-21)16(20)19-22-17(2,3)18(4,5)23-19/h8-11,21H,12H2,1-5H3. The molecule has 1 N–H and O–H groups in total. The molecule has 1 saturated heterocycles. The maximum absolute atomic E-state index is 14.7. The van der Waals surface area contributed by atoms with Crippen LogP contribution in [0.5, 0.6) is 0 Å². The van der Waals surface area contributed by atoms with Crippen LogP contribution >= 0.6 is 0 Å². The molecule has 0 bridgehead atoms. The third-order valence-corrected chi connectivity index (χ3v) is 4.45. The highest BCUT2D eigenvalue weighted by atomic mass is 19.1. The second kappa shape index (κ2) is 6.49. The molecule has 122 valence electrons. The van der Waals surface area contributed by atoms with Gasteiger partial charge in [0.2, 0.25) is 0 Å². The summed E-state index contributed by atoms with van der Waals surface area (Å²) in [7, 11) is -0.992. The smallest absolute Gasteiger partial charge is 0.398 e. The highest BCUT2D eigenvalue weighted by molar-refractivity contribution is 6.55. The Balaban J connectivity index is 2.24. The van der Waals surface area contributed by atoms with E-state index < -0.39 is 24.0 Å². The Labute approximate surface area is 137 Å². The van der Waals surface area contributed by atoms with E-state index in [0.717, 1.165) is 11.1 Å². The fourth-order valence-corrected chi connectivity index (χ4v) is 2.21. The highest BCUT2D eigenvalue weighted by Gasteiger charge is 2.53. The third-order valence-electron chi connectivity index (χ3n) is 4.45. The number of allylic oxidation sites excluding steroid dienone is 1. The van der Waals surface area contributed by atoms with E-state index >= 15 is 0 Å². The molecule has 1 heterocycles. The summed E-state index contributed by atoms with van der Waals surface area (Å²) in [6.45, 7) is 9.09. The number of rotatable bonds is 2. The van der Waals surface area contributed by atoms with Gasteiger partial charge in [0.15, 0.2) is 0 Å². The molecule has 0 amide bonds. The van der Waals surface area contributed by atoms with E-state index in [1.165, 1.54) is 0 Å². The molecule has 23 heavy (non-hydrogen) atoms. The second-order valence-corrected chi connectivity index (χ2v) is 6.60. The predicted octanol–water partition coefficient (Wildman–Crippen LogP) is 3.36. The Morgan fingerprint density at radius 1 is 1.13 bits per heavy atom. The summed E-state index contributed by atoms with van der Waals surface area (Å²) in [6, 6.07) is 7.17. The van der Waals surface area contributed by atoms with E-state index in [1.807, 2.05) is 27.7 Å². The van der Waals surface area contributed by atoms with Gasteiger partial charge in [-0.2, -0.15) is 0 Å². The van der Waals surface area contributed by atoms with E-state index in [2.05, 4.69) is 11.8 Å². The Bertz CT molecular complexity index is 650. The van der Waals surface area contributed by atoms with Crippen molar-refractivity contribution in [2.45, 2.75) is 45.8 Å². The average Bonchev–Trinajstić information content (AvgIpc) is 2.72. The molecular formula is C18H22BFO3. The number of aliphatic hydroxyl groups excluding tert-OH is 1. The summed E-state index contributed by atoms with van der Waals surface area (Å²) in [5, 5.41) is 8.69. The fourth-order valence-electron chi connectivity index (χ4n) is 2.21. The molecule has 0 spiro atoms. The van der Waals surface area contributed by atoms with Gasteiger partial charge in [0, 0.05) is 5.56 Å². The average molecular weight is 316 g/mol. The molecule has 1 aliphatic rings. The van der Waals surface area contributed by atoms with E-state index in [-0.39, 0.29) is 6.61 Å². The molecule has 0 unspecified atom stereocenters. The quantitative estimate of drug-likeness (QED) is 0.672. The van der Waals surface area contributed by atoms with Crippen LogP contribution < -0.4 is 0 Å². The van der Waals surface area contributed by atoms with Gasteiger partial charge in [0.05, 0.1) is 11.2 Å². The van der Waals surface area contributed by atoms with Crippen molar-refractivity contribution in [1.82, 2.24) is 0 Å². The molecule has 1 aromatic carbocycles. The van der Waals surface area contributed by atoms with Gasteiger partial charge in [-0.1, -0.05) is 24.0 Å². The molecule has 0 radical (unpaired) electrons. The van der Waals surface area contributed by atoms with Crippen LogP contribution in [-0.2, 0) is 9.31 Å². The number of hydrogen-bond acceptors (Lipinski definition) is 3. The molecule has 0 aliphatic carbocycles. The van der Waals surface area contributed by atoms with Gasteiger partial charge < -0.3 is 14.4 Å². The first kappa shape index (κ1) is 17.7. The summed E-state index contributed by atoms with van der Waals surface area (Å²) < 4.78 is 26.2. The molecule has 1 aliphatic heterocycles. The number of hydrogen-bond donors (Lipinski definition) is 1. The van der Waals surface area contributed by atoms with Gasteiger partial charge in [-0.05, 0) is 57.9 Å². The van der Waals surface area contributed by atoms with Crippen LogP contribution in [0.2, 0.25) is 0 Å². The van der Waals surface area contributed by atoms with E-state index in [4.69, 9.17) is 14.4 Å². The first-order chi connectivity index (χ1) is 10.7. The Morgan fingerprint density at radius 2 is 1.65 bits per heavy atom. The van der Waals surface area contributed by atoms with Crippen LogP contribution in [-0.4, -0.2) is 30.0 Å². The SMILES string of the molecule is CC(=C(F)B1OC(C)(C)C(C)(C)O1)c1ccc(C#CCO)cc1. The zero-order valence-electron chi connectivity index (χ0n) is 14.2. The second-order valence-electron chi connectivity index (χ2n) is 6.60. The fraction of sp³-hybridized carbons (Fsp3) is 0.444. The number of benzene rings is 1. The largest absolute Gasteiger partial charge is 0.525 e. The van der Waals surface area contributed by atoms with Gasteiger partial charge in [-0.3, -0.25) is 0 Å². The van der Waals surface area contributed by atoms with Crippen LogP contribution in [0.25, 0.3) is 5.57 Å². The lowest BCUT2D eigenvalue weighted by atomic mass is 9.83. The van der Waals surface area contributed by atoms with Crippen molar-refractivity contribution in [2.24, 2.45) is 0 Å². The van der Waals surface area contributed by atoms with Gasteiger partial charge in [0.25, 0.3) is 0 Å². The van der Waals surface area contributed by atoms with Crippen LogP contribution in [0, 0.1) is 11.8 Å². The van der Waals surface area contributed by atoms with Crippen LogP contribution in [0.1, 0.15) is 45.7 Å². The van der Waals surface area contributed by atoms with E-state index in [9.17, 15) is 4.39 Å². The summed E-state index contributed by atoms with van der Waals surface area (Å²) in [6.07, 6.45) is 0. The highest BCUT2D eigenvalue weighted by Crippen LogP contribution is 2.40. The maximum Gasteiger partial charge on any atom is 0.525 e. The summed E-state index contributed by atoms with van der Waals surface area (Å²) in [5.41, 5.74) is 0.430. The zero-order chi connectivity index (χ0) is 17.3. The molecule has 0 aromatic heterocycles. The van der Waals surface area contributed by atoms with Crippen LogP contribution in [0.3, 0.4) is 0 Å². The monoisotopic (exact) mass is 316 g/mol. The Morgan fingerprint density at radius 3 is 2.13 bits per heavy atom. The normalized spacial score (nSPS) is 19.9. The minimum Gasteiger partial charge on any atom is -0.398 e. The molecule has 5 heteroatoms. The number of aliphatic hydroxyl groups is 1. The van der Waals surface area contributed by atoms with Gasteiger partial charge in [-0.25, -0.2) is 4.39 Å². The number of halogens is 1. The molecule has 0 atom stereocenters. The van der Waals surface area contributed by atoms with Crippen molar-refractivity contribution in [2.75, 3.05) is 6.61 Å². The molecule has 3 nitrogen and oxygen atoms in total. The van der Waals surface area contributed by atoms with Crippen molar-refractivity contribution >= 4 is 12.7 Å². The summed E-state index contributed by atoms with van der Waals surface area (Å²) in [4.78, 5) is 0. The lowest BCUT2D eigenvalue weighted by Gasteiger charge is -2.32. The summed E-state index contributed by atoms with van der Waals surface area (Å²) in [5.74, 6) is 5.39. The van der Waals surface area contributed by atoms with Crippen molar-refractivity contribution in [1.29, 1.82) is 0 Å². The first-order valence-corrected chi connectivity index (χ1v) is 7.60. The first-order valence-electron chi connectivity index (χ1n) is 7.60. The maximum atomic E-state index is 14.7. The van der Waals surface area contributed by atoms with E-state index in [1.54, 1.807) is 31.2 Å². The Kier molecular flexibility index (Phi) is 5.00. The predicted molar refractivity (Wildman–Crippen MR) is 90.2 cm³/mol. The molecule has 0 saturated carbocycles. The van der Waals surface area contributed by atoms with Crippen molar-refractivity contribution in [3.63, 3.8) is 0 Å². The zero-order valence-corrected chi connectivity index (χ0v) is 14.2. The van der Waals surface area contributed by atoms with Gasteiger partial charge >= 0.3 is 7.12 Å². The van der Waals surface area contributed by atoms with Crippen LogP contribution in [0.15, 0.2) is 30.0 Å². The third kappa shape index (κ3) is 3.66. The van der Waals surface area contributed by atoms with Crippen molar-refractivity contribution in [3.05, 3.63) is 41.1 Å². The van der Waals surface area contributed by atoms with Crippen LogP contribution in [0.4, 0.5) is 4.39 Å². The van der Waals surface area contributed by atoms with E-state index in [0.29, 0.717) is 5.57 Å². The molecule has 1 fully saturated rings. The lowest BCUT2D eigenvalue weighted by Crippen LogP contribution is -2.41. The summed E-state index contributed by atoms with van der Waals surface area (Å²) >= 11 is 0. The minimum atomic E-state index is -0.992. The Hall–Kier alpha value is -1.61. The molecular weight excluding hydrogens is 294 g/mol. The van der Waals surface area contributed by atoms with Gasteiger partial charge in [0.1, 0.15) is 12.3 Å². The molecule has 2 rings (SSSR count). The van der Waals surface area contributed by atoms with Crippen molar-refractivity contribution in [3.8, 4) is 11.8 Å². The van der Waals surface area contributed by atoms with Gasteiger partial charge in [-0.15, -0.1) is 0 Å². The lowest BCUT2D eigenvalue weighted by molar-refractivity contribution is 0.00578. The molecule has 1 aromatic rings. The minimum absolute atomic E-state index is 0.183. The van der Waals surface area contributed by atoms with Crippen molar-refractivity contribution < 1.29 is 18.8 Å².